The molecular weight excluding hydrogens is 166 g/mol. The lowest BCUT2D eigenvalue weighted by atomic mass is 10.2. The summed E-state index contributed by atoms with van der Waals surface area (Å²) in [4.78, 5) is 18.7. The lowest BCUT2D eigenvalue weighted by Crippen LogP contribution is -2.18. The molecule has 0 spiro atoms. The zero-order chi connectivity index (χ0) is 9.42. The molecule has 0 unspecified atom stereocenters. The Kier molecular flexibility index (Phi) is 1.92. The number of fused-ring (bicyclic) bond motifs is 1. The summed E-state index contributed by atoms with van der Waals surface area (Å²) in [5.74, 6) is 1.06. The molecule has 1 aromatic rings. The maximum atomic E-state index is 11.5. The Morgan fingerprint density at radius 2 is 2.15 bits per heavy atom. The van der Waals surface area contributed by atoms with Crippen LogP contribution in [0.3, 0.4) is 0 Å². The van der Waals surface area contributed by atoms with E-state index in [9.17, 15) is 4.79 Å². The van der Waals surface area contributed by atoms with Gasteiger partial charge in [-0.15, -0.1) is 0 Å². The summed E-state index contributed by atoms with van der Waals surface area (Å²) in [6, 6.07) is 0. The first-order chi connectivity index (χ1) is 6.18. The van der Waals surface area contributed by atoms with E-state index >= 15 is 0 Å². The largest absolute Gasteiger partial charge is 0.310 e. The zero-order valence-corrected chi connectivity index (χ0v) is 7.85. The van der Waals surface area contributed by atoms with Gasteiger partial charge in [0.15, 0.2) is 0 Å². The predicted octanol–water partition coefficient (Wildman–Crippen LogP) is 0.497. The summed E-state index contributed by atoms with van der Waals surface area (Å²) in [5, 5.41) is 3.11. The number of hydrogen-bond donors (Lipinski definition) is 2. The molecule has 1 aliphatic rings. The minimum absolute atomic E-state index is 0.0127. The molecule has 0 aliphatic carbocycles. The number of aromatic nitrogens is 2. The number of H-pyrrole nitrogens is 1. The highest BCUT2D eigenvalue weighted by Crippen LogP contribution is 2.12. The van der Waals surface area contributed by atoms with Gasteiger partial charge in [0, 0.05) is 19.0 Å². The number of aromatic amines is 1. The Morgan fingerprint density at radius 3 is 2.85 bits per heavy atom. The van der Waals surface area contributed by atoms with Crippen LogP contribution in [-0.2, 0) is 13.1 Å². The first kappa shape index (κ1) is 8.44. The van der Waals surface area contributed by atoms with Crippen LogP contribution in [-0.4, -0.2) is 9.97 Å². The second-order valence-corrected chi connectivity index (χ2v) is 3.63. The molecule has 0 atom stereocenters. The van der Waals surface area contributed by atoms with Crippen molar-refractivity contribution in [2.75, 3.05) is 0 Å². The number of nitrogens with zero attached hydrogens (tertiary/aromatic N) is 1. The van der Waals surface area contributed by atoms with Crippen molar-refractivity contribution >= 4 is 0 Å². The molecule has 1 aliphatic heterocycles. The van der Waals surface area contributed by atoms with Crippen LogP contribution in [0, 0.1) is 0 Å². The third-order valence-corrected chi connectivity index (χ3v) is 2.26. The summed E-state index contributed by atoms with van der Waals surface area (Å²) in [5.41, 5.74) is 1.72. The minimum Gasteiger partial charge on any atom is -0.310 e. The predicted molar refractivity (Wildman–Crippen MR) is 49.5 cm³/mol. The van der Waals surface area contributed by atoms with Gasteiger partial charge in [-0.25, -0.2) is 4.98 Å². The lowest BCUT2D eigenvalue weighted by molar-refractivity contribution is 0.739. The van der Waals surface area contributed by atoms with Crippen LogP contribution in [0.5, 0.6) is 0 Å². The first-order valence-electron chi connectivity index (χ1n) is 4.51. The highest BCUT2D eigenvalue weighted by Gasteiger charge is 2.17. The molecule has 2 heterocycles. The molecule has 0 saturated heterocycles. The second-order valence-electron chi connectivity index (χ2n) is 3.63. The minimum atomic E-state index is 0.0127. The van der Waals surface area contributed by atoms with Crippen LogP contribution in [0.25, 0.3) is 0 Å². The van der Waals surface area contributed by atoms with Gasteiger partial charge in [-0.2, -0.15) is 0 Å². The van der Waals surface area contributed by atoms with E-state index in [4.69, 9.17) is 0 Å². The molecule has 0 saturated carbocycles. The van der Waals surface area contributed by atoms with Gasteiger partial charge < -0.3 is 10.3 Å². The molecule has 0 fully saturated rings. The zero-order valence-electron chi connectivity index (χ0n) is 7.85. The van der Waals surface area contributed by atoms with Crippen LogP contribution in [0.1, 0.15) is 36.8 Å². The molecule has 0 amide bonds. The molecule has 0 bridgehead atoms. The van der Waals surface area contributed by atoms with Crippen LogP contribution in [0.4, 0.5) is 0 Å². The smallest absolute Gasteiger partial charge is 0.255 e. The van der Waals surface area contributed by atoms with Crippen molar-refractivity contribution in [1.82, 2.24) is 15.3 Å². The molecule has 2 N–H and O–H groups in total. The van der Waals surface area contributed by atoms with Crippen LogP contribution in [0.15, 0.2) is 4.79 Å². The lowest BCUT2D eigenvalue weighted by Gasteiger charge is -2.05. The van der Waals surface area contributed by atoms with Gasteiger partial charge in [-0.1, -0.05) is 13.8 Å². The average molecular weight is 179 g/mol. The third kappa shape index (κ3) is 1.37. The SMILES string of the molecule is CC(C)c1nc2c(c(=O)[nH]1)CNC2. The summed E-state index contributed by atoms with van der Waals surface area (Å²) >= 11 is 0. The van der Waals surface area contributed by atoms with Crippen LogP contribution in [0.2, 0.25) is 0 Å². The molecule has 13 heavy (non-hydrogen) atoms. The Morgan fingerprint density at radius 1 is 1.38 bits per heavy atom. The van der Waals surface area contributed by atoms with Crippen molar-refractivity contribution in [3.8, 4) is 0 Å². The second kappa shape index (κ2) is 2.96. The highest BCUT2D eigenvalue weighted by molar-refractivity contribution is 5.22. The van der Waals surface area contributed by atoms with E-state index in [1.165, 1.54) is 0 Å². The van der Waals surface area contributed by atoms with Gasteiger partial charge in [-0.05, 0) is 0 Å². The van der Waals surface area contributed by atoms with Gasteiger partial charge >= 0.3 is 0 Å². The summed E-state index contributed by atoms with van der Waals surface area (Å²) in [6.07, 6.45) is 0. The molecule has 4 nitrogen and oxygen atoms in total. The van der Waals surface area contributed by atoms with Gasteiger partial charge in [-0.3, -0.25) is 4.79 Å². The van der Waals surface area contributed by atoms with Crippen molar-refractivity contribution in [3.05, 3.63) is 27.4 Å². The molecular formula is C9H13N3O. The van der Waals surface area contributed by atoms with E-state index in [-0.39, 0.29) is 11.5 Å². The van der Waals surface area contributed by atoms with Gasteiger partial charge in [0.2, 0.25) is 0 Å². The van der Waals surface area contributed by atoms with Crippen molar-refractivity contribution in [3.63, 3.8) is 0 Å². The first-order valence-corrected chi connectivity index (χ1v) is 4.51. The molecule has 0 aromatic carbocycles. The van der Waals surface area contributed by atoms with Crippen molar-refractivity contribution < 1.29 is 0 Å². The highest BCUT2D eigenvalue weighted by atomic mass is 16.1. The molecule has 4 heteroatoms. The van der Waals surface area contributed by atoms with Gasteiger partial charge in [0.1, 0.15) is 5.82 Å². The summed E-state index contributed by atoms with van der Waals surface area (Å²) < 4.78 is 0. The fourth-order valence-corrected chi connectivity index (χ4v) is 1.47. The van der Waals surface area contributed by atoms with E-state index in [0.717, 1.165) is 23.6 Å². The normalized spacial score (nSPS) is 15.0. The Hall–Kier alpha value is -1.16. The monoisotopic (exact) mass is 179 g/mol. The van der Waals surface area contributed by atoms with Crippen LogP contribution < -0.4 is 10.9 Å². The maximum absolute atomic E-state index is 11.5. The average Bonchev–Trinajstić information content (AvgIpc) is 2.51. The summed E-state index contributed by atoms with van der Waals surface area (Å²) in [6.45, 7) is 5.41. The summed E-state index contributed by atoms with van der Waals surface area (Å²) in [7, 11) is 0. The quantitative estimate of drug-likeness (QED) is 0.660. The topological polar surface area (TPSA) is 57.8 Å². The van der Waals surface area contributed by atoms with Crippen LogP contribution >= 0.6 is 0 Å². The van der Waals surface area contributed by atoms with E-state index in [0.29, 0.717) is 6.54 Å². The Bertz CT molecular complexity index is 381. The van der Waals surface area contributed by atoms with Crippen molar-refractivity contribution in [2.45, 2.75) is 32.9 Å². The fourth-order valence-electron chi connectivity index (χ4n) is 1.47. The number of rotatable bonds is 1. The Balaban J connectivity index is 2.56. The Labute approximate surface area is 76.4 Å². The van der Waals surface area contributed by atoms with Gasteiger partial charge in [0.05, 0.1) is 11.3 Å². The maximum Gasteiger partial charge on any atom is 0.255 e. The molecule has 0 radical (unpaired) electrons. The molecule has 70 valence electrons. The number of nitrogens with one attached hydrogen (secondary N) is 2. The molecule has 1 aromatic heterocycles. The number of hydrogen-bond acceptors (Lipinski definition) is 3. The molecule has 2 rings (SSSR count). The van der Waals surface area contributed by atoms with E-state index in [1.54, 1.807) is 0 Å². The van der Waals surface area contributed by atoms with E-state index in [2.05, 4.69) is 15.3 Å². The van der Waals surface area contributed by atoms with E-state index < -0.39 is 0 Å². The van der Waals surface area contributed by atoms with Crippen molar-refractivity contribution in [2.24, 2.45) is 0 Å². The third-order valence-electron chi connectivity index (χ3n) is 2.26. The standard InChI is InChI=1S/C9H13N3O/c1-5(2)8-11-7-4-10-3-6(7)9(13)12-8/h5,10H,3-4H2,1-2H3,(H,11,12,13). The van der Waals surface area contributed by atoms with Gasteiger partial charge in [0.25, 0.3) is 5.56 Å². The fraction of sp³-hybridized carbons (Fsp3) is 0.556. The van der Waals surface area contributed by atoms with E-state index in [1.807, 2.05) is 13.8 Å². The van der Waals surface area contributed by atoms with Crippen molar-refractivity contribution in [1.29, 1.82) is 0 Å².